The highest BCUT2D eigenvalue weighted by Gasteiger charge is 2.33. The fourth-order valence-electron chi connectivity index (χ4n) is 4.85. The third kappa shape index (κ3) is 4.50. The van der Waals surface area contributed by atoms with Gasteiger partial charge in [0.15, 0.2) is 5.82 Å². The Morgan fingerprint density at radius 1 is 1.09 bits per heavy atom. The molecule has 1 atom stereocenters. The van der Waals surface area contributed by atoms with Crippen molar-refractivity contribution >= 4 is 11.0 Å². The summed E-state index contributed by atoms with van der Waals surface area (Å²) in [6.45, 7) is 4.92. The molecule has 0 N–H and O–H groups in total. The topological polar surface area (TPSA) is 69.2 Å². The van der Waals surface area contributed by atoms with E-state index in [0.717, 1.165) is 73.6 Å². The first-order valence-corrected chi connectivity index (χ1v) is 11.9. The second-order valence-corrected chi connectivity index (χ2v) is 8.79. The van der Waals surface area contributed by atoms with Crippen molar-refractivity contribution in [1.29, 1.82) is 0 Å². The average molecular weight is 446 g/mol. The lowest BCUT2D eigenvalue weighted by Crippen LogP contribution is -2.38. The molecule has 4 aromatic rings. The van der Waals surface area contributed by atoms with E-state index in [1.807, 2.05) is 22.9 Å². The largest absolute Gasteiger partial charge is 0.497 e. The van der Waals surface area contributed by atoms with Crippen LogP contribution in [0.4, 0.5) is 0 Å². The van der Waals surface area contributed by atoms with Crippen LogP contribution in [0.3, 0.4) is 0 Å². The number of nitrogens with zero attached hydrogens (tertiary/aromatic N) is 5. The third-order valence-electron chi connectivity index (χ3n) is 6.72. The number of ether oxygens (including phenoxy) is 1. The molecule has 2 aromatic heterocycles. The summed E-state index contributed by atoms with van der Waals surface area (Å²) in [5.74, 6) is 3.22. The highest BCUT2D eigenvalue weighted by atomic mass is 16.5. The monoisotopic (exact) mass is 445 g/mol. The quantitative estimate of drug-likeness (QED) is 0.371. The van der Waals surface area contributed by atoms with Gasteiger partial charge in [0, 0.05) is 11.9 Å². The van der Waals surface area contributed by atoms with Gasteiger partial charge in [-0.1, -0.05) is 43.7 Å². The first-order valence-electron chi connectivity index (χ1n) is 11.9. The minimum Gasteiger partial charge on any atom is -0.497 e. The number of hydrogen-bond donors (Lipinski definition) is 0. The van der Waals surface area contributed by atoms with Gasteiger partial charge in [-0.15, -0.1) is 5.10 Å². The van der Waals surface area contributed by atoms with E-state index in [1.54, 1.807) is 7.11 Å². The molecule has 5 rings (SSSR count). The summed E-state index contributed by atoms with van der Waals surface area (Å²) in [6.07, 6.45) is 4.31. The first-order chi connectivity index (χ1) is 16.3. The summed E-state index contributed by atoms with van der Waals surface area (Å²) < 4.78 is 13.6. The van der Waals surface area contributed by atoms with E-state index in [2.05, 4.69) is 63.7 Å². The Hall–Kier alpha value is -3.19. The van der Waals surface area contributed by atoms with Gasteiger partial charge in [0.1, 0.15) is 23.1 Å². The number of para-hydroxylation sites is 1. The number of benzene rings is 2. The summed E-state index contributed by atoms with van der Waals surface area (Å²) >= 11 is 0. The van der Waals surface area contributed by atoms with Crippen LogP contribution in [0.2, 0.25) is 0 Å². The molecule has 0 amide bonds. The number of fused-ring (bicyclic) bond motifs is 1. The van der Waals surface area contributed by atoms with Gasteiger partial charge in [-0.05, 0) is 78.5 Å². The Kier molecular flexibility index (Phi) is 6.39. The Labute approximate surface area is 194 Å². The SMILES string of the molecule is CCCCn1nnnc1C(c1cc2ccccc2o1)N1CCC(c2ccc(OC)cc2)CC1. The lowest BCUT2D eigenvalue weighted by molar-refractivity contribution is 0.150. The van der Waals surface area contributed by atoms with Gasteiger partial charge in [-0.25, -0.2) is 4.68 Å². The third-order valence-corrected chi connectivity index (χ3v) is 6.72. The average Bonchev–Trinajstić information content (AvgIpc) is 3.50. The lowest BCUT2D eigenvalue weighted by Gasteiger charge is -2.36. The number of likely N-dealkylation sites (tertiary alicyclic amines) is 1. The first kappa shape index (κ1) is 21.6. The molecule has 1 saturated heterocycles. The molecule has 7 heteroatoms. The molecule has 0 saturated carbocycles. The normalized spacial score (nSPS) is 16.3. The van der Waals surface area contributed by atoms with Crippen molar-refractivity contribution in [3.8, 4) is 5.75 Å². The number of rotatable bonds is 8. The molecule has 1 aliphatic rings. The molecule has 0 aliphatic carbocycles. The van der Waals surface area contributed by atoms with Crippen molar-refractivity contribution < 1.29 is 9.15 Å². The summed E-state index contributed by atoms with van der Waals surface area (Å²) in [6, 6.07) is 18.7. The standard InChI is InChI=1S/C26H31N5O2/c1-3-4-15-31-26(27-28-29-31)25(24-18-21-7-5-6-8-23(21)33-24)30-16-13-20(14-17-30)19-9-11-22(32-2)12-10-19/h5-12,18,20,25H,3-4,13-17H2,1-2H3. The second kappa shape index (κ2) is 9.75. The summed E-state index contributed by atoms with van der Waals surface area (Å²) in [5.41, 5.74) is 2.28. The van der Waals surface area contributed by atoms with Crippen LogP contribution in [-0.2, 0) is 6.54 Å². The van der Waals surface area contributed by atoms with Crippen LogP contribution in [0, 0.1) is 0 Å². The van der Waals surface area contributed by atoms with Gasteiger partial charge in [0.25, 0.3) is 0 Å². The van der Waals surface area contributed by atoms with Crippen LogP contribution in [0.15, 0.2) is 59.0 Å². The molecule has 1 unspecified atom stereocenters. The maximum atomic E-state index is 6.34. The molecular formula is C26H31N5O2. The number of hydrogen-bond acceptors (Lipinski definition) is 6. The highest BCUT2D eigenvalue weighted by Crippen LogP contribution is 2.37. The molecule has 0 spiro atoms. The van der Waals surface area contributed by atoms with Crippen molar-refractivity contribution in [3.63, 3.8) is 0 Å². The van der Waals surface area contributed by atoms with Crippen molar-refractivity contribution in [3.05, 3.63) is 71.7 Å². The number of furan rings is 1. The molecule has 1 aliphatic heterocycles. The Morgan fingerprint density at radius 2 is 1.88 bits per heavy atom. The molecule has 3 heterocycles. The van der Waals surface area contributed by atoms with Crippen molar-refractivity contribution in [2.24, 2.45) is 0 Å². The highest BCUT2D eigenvalue weighted by molar-refractivity contribution is 5.77. The van der Waals surface area contributed by atoms with Gasteiger partial charge in [-0.2, -0.15) is 0 Å². The fourth-order valence-corrected chi connectivity index (χ4v) is 4.85. The molecule has 172 valence electrons. The summed E-state index contributed by atoms with van der Waals surface area (Å²) in [5, 5.41) is 13.9. The number of piperidine rings is 1. The minimum atomic E-state index is -0.0962. The molecule has 2 aromatic carbocycles. The summed E-state index contributed by atoms with van der Waals surface area (Å²) in [4.78, 5) is 2.48. The molecule has 7 nitrogen and oxygen atoms in total. The second-order valence-electron chi connectivity index (χ2n) is 8.79. The van der Waals surface area contributed by atoms with Gasteiger partial charge in [-0.3, -0.25) is 4.90 Å². The maximum absolute atomic E-state index is 6.34. The zero-order valence-electron chi connectivity index (χ0n) is 19.4. The van der Waals surface area contributed by atoms with Crippen LogP contribution in [0.25, 0.3) is 11.0 Å². The Morgan fingerprint density at radius 3 is 2.61 bits per heavy atom. The van der Waals surface area contributed by atoms with Gasteiger partial charge in [0.05, 0.1) is 7.11 Å². The number of aromatic nitrogens is 4. The Balaban J connectivity index is 1.42. The van der Waals surface area contributed by atoms with Crippen LogP contribution >= 0.6 is 0 Å². The predicted octanol–water partition coefficient (Wildman–Crippen LogP) is 5.20. The molecule has 0 bridgehead atoms. The minimum absolute atomic E-state index is 0.0962. The maximum Gasteiger partial charge on any atom is 0.176 e. The van der Waals surface area contributed by atoms with E-state index in [0.29, 0.717) is 5.92 Å². The predicted molar refractivity (Wildman–Crippen MR) is 127 cm³/mol. The zero-order valence-corrected chi connectivity index (χ0v) is 19.4. The van der Waals surface area contributed by atoms with E-state index in [1.165, 1.54) is 5.56 Å². The summed E-state index contributed by atoms with van der Waals surface area (Å²) in [7, 11) is 1.71. The van der Waals surface area contributed by atoms with Crippen LogP contribution in [0.1, 0.15) is 61.7 Å². The van der Waals surface area contributed by atoms with Crippen molar-refractivity contribution in [1.82, 2.24) is 25.1 Å². The Bertz CT molecular complexity index is 1140. The lowest BCUT2D eigenvalue weighted by atomic mass is 9.88. The van der Waals surface area contributed by atoms with E-state index >= 15 is 0 Å². The van der Waals surface area contributed by atoms with E-state index in [-0.39, 0.29) is 6.04 Å². The molecule has 33 heavy (non-hydrogen) atoms. The van der Waals surface area contributed by atoms with Crippen LogP contribution in [-0.4, -0.2) is 45.3 Å². The molecular weight excluding hydrogens is 414 g/mol. The fraction of sp³-hybridized carbons (Fsp3) is 0.423. The number of aryl methyl sites for hydroxylation is 1. The van der Waals surface area contributed by atoms with E-state index < -0.39 is 0 Å². The number of unbranched alkanes of at least 4 members (excludes halogenated alkanes) is 1. The molecule has 0 radical (unpaired) electrons. The smallest absolute Gasteiger partial charge is 0.176 e. The zero-order chi connectivity index (χ0) is 22.6. The molecule has 1 fully saturated rings. The van der Waals surface area contributed by atoms with E-state index in [9.17, 15) is 0 Å². The number of methoxy groups -OCH3 is 1. The van der Waals surface area contributed by atoms with Crippen molar-refractivity contribution in [2.75, 3.05) is 20.2 Å². The van der Waals surface area contributed by atoms with Crippen LogP contribution in [0.5, 0.6) is 5.75 Å². The van der Waals surface area contributed by atoms with Crippen molar-refractivity contribution in [2.45, 2.75) is 51.1 Å². The number of tetrazole rings is 1. The van der Waals surface area contributed by atoms with Gasteiger partial charge < -0.3 is 9.15 Å². The van der Waals surface area contributed by atoms with E-state index in [4.69, 9.17) is 9.15 Å². The van der Waals surface area contributed by atoms with Crippen LogP contribution < -0.4 is 4.74 Å². The van der Waals surface area contributed by atoms with Gasteiger partial charge in [0.2, 0.25) is 0 Å². The van der Waals surface area contributed by atoms with Gasteiger partial charge >= 0.3 is 0 Å².